The van der Waals surface area contributed by atoms with Gasteiger partial charge in [-0.2, -0.15) is 5.26 Å². The van der Waals surface area contributed by atoms with Gasteiger partial charge in [-0.05, 0) is 42.3 Å². The van der Waals surface area contributed by atoms with Gasteiger partial charge in [0.05, 0.1) is 22.9 Å². The maximum atomic E-state index is 13.5. The van der Waals surface area contributed by atoms with Gasteiger partial charge in [-0.25, -0.2) is 9.37 Å². The topological polar surface area (TPSA) is 136 Å². The van der Waals surface area contributed by atoms with Crippen LogP contribution in [0.2, 0.25) is 0 Å². The minimum atomic E-state index is -0.953. The van der Waals surface area contributed by atoms with Gasteiger partial charge in [0, 0.05) is 32.6 Å². The van der Waals surface area contributed by atoms with E-state index < -0.39 is 23.8 Å². The summed E-state index contributed by atoms with van der Waals surface area (Å²) in [7, 11) is 1.43. The molecule has 1 aromatic heterocycles. The Morgan fingerprint density at radius 3 is 2.57 bits per heavy atom. The van der Waals surface area contributed by atoms with E-state index in [1.807, 2.05) is 0 Å². The fraction of sp³-hybridized carbons (Fsp3) is 0.222. The average Bonchev–Trinajstić information content (AvgIpc) is 2.90. The van der Waals surface area contributed by atoms with Gasteiger partial charge in [0.25, 0.3) is 5.91 Å². The third kappa shape index (κ3) is 7.35. The van der Waals surface area contributed by atoms with E-state index in [2.05, 4.69) is 32.3 Å². The minimum Gasteiger partial charge on any atom is -0.369 e. The monoisotopic (exact) mass is 502 g/mol. The summed E-state index contributed by atoms with van der Waals surface area (Å²) in [6, 6.07) is 17.6. The summed E-state index contributed by atoms with van der Waals surface area (Å²) in [6.45, 7) is 1.49. The van der Waals surface area contributed by atoms with Crippen LogP contribution in [0.3, 0.4) is 0 Å². The predicted octanol–water partition coefficient (Wildman–Crippen LogP) is 2.39. The molecule has 2 aromatic carbocycles. The van der Waals surface area contributed by atoms with E-state index in [0.29, 0.717) is 29.8 Å². The lowest BCUT2D eigenvalue weighted by Gasteiger charge is -2.18. The highest BCUT2D eigenvalue weighted by Gasteiger charge is 2.21. The van der Waals surface area contributed by atoms with Gasteiger partial charge < -0.3 is 21.3 Å². The zero-order valence-electron chi connectivity index (χ0n) is 20.5. The van der Waals surface area contributed by atoms with Gasteiger partial charge in [-0.1, -0.05) is 30.3 Å². The zero-order valence-corrected chi connectivity index (χ0v) is 20.5. The molecule has 190 valence electrons. The SMILES string of the molecule is CNC(=O)[C@H](CNC(=O)c1ccc(-c2ccccc2C#N)nc1NCCc1cccc(F)c1)NC(C)=O. The lowest BCUT2D eigenvalue weighted by molar-refractivity contribution is -0.127. The molecule has 0 radical (unpaired) electrons. The molecule has 1 atom stereocenters. The van der Waals surface area contributed by atoms with Crippen LogP contribution in [0, 0.1) is 17.1 Å². The molecule has 0 saturated carbocycles. The van der Waals surface area contributed by atoms with Gasteiger partial charge in [-0.3, -0.25) is 14.4 Å². The van der Waals surface area contributed by atoms with Crippen LogP contribution >= 0.6 is 0 Å². The van der Waals surface area contributed by atoms with Gasteiger partial charge in [0.1, 0.15) is 17.7 Å². The summed E-state index contributed by atoms with van der Waals surface area (Å²) in [5, 5.41) is 20.2. The van der Waals surface area contributed by atoms with Crippen molar-refractivity contribution in [3.8, 4) is 17.3 Å². The van der Waals surface area contributed by atoms with E-state index in [-0.39, 0.29) is 23.7 Å². The summed E-state index contributed by atoms with van der Waals surface area (Å²) < 4.78 is 13.5. The lowest BCUT2D eigenvalue weighted by atomic mass is 10.0. The van der Waals surface area contributed by atoms with Crippen LogP contribution in [-0.4, -0.2) is 48.9 Å². The molecule has 0 bridgehead atoms. The van der Waals surface area contributed by atoms with Crippen LogP contribution in [0.5, 0.6) is 0 Å². The summed E-state index contributed by atoms with van der Waals surface area (Å²) in [6.07, 6.45) is 0.473. The van der Waals surface area contributed by atoms with Crippen LogP contribution in [0.15, 0.2) is 60.7 Å². The summed E-state index contributed by atoms with van der Waals surface area (Å²) in [4.78, 5) is 41.2. The number of hydrogen-bond donors (Lipinski definition) is 4. The van der Waals surface area contributed by atoms with Crippen molar-refractivity contribution in [3.05, 3.63) is 83.2 Å². The number of aromatic nitrogens is 1. The number of likely N-dealkylation sites (N-methyl/N-ethyl adjacent to an activating group) is 1. The number of benzene rings is 2. The normalized spacial score (nSPS) is 11.1. The Morgan fingerprint density at radius 2 is 1.86 bits per heavy atom. The van der Waals surface area contributed by atoms with Crippen LogP contribution in [0.1, 0.15) is 28.4 Å². The number of rotatable bonds is 10. The highest BCUT2D eigenvalue weighted by atomic mass is 19.1. The number of halogens is 1. The molecule has 0 aliphatic heterocycles. The standard InChI is InChI=1S/C27H27FN6O3/c1-17(35)33-24(27(37)30-2)16-32-26(36)22-10-11-23(21-9-4-3-7-19(21)15-29)34-25(22)31-13-12-18-6-5-8-20(28)14-18/h3-11,14,24H,12-13,16H2,1-2H3,(H,30,37)(H,31,34)(H,32,36)(H,33,35)/t24-/m0/s1. The molecular weight excluding hydrogens is 475 g/mol. The molecule has 0 saturated heterocycles. The Balaban J connectivity index is 1.86. The number of amides is 3. The summed E-state index contributed by atoms with van der Waals surface area (Å²) in [5.74, 6) is -1.46. The molecule has 1 heterocycles. The van der Waals surface area contributed by atoms with E-state index in [1.54, 1.807) is 48.5 Å². The Bertz CT molecular complexity index is 1340. The number of nitrogens with one attached hydrogen (secondary N) is 4. The maximum absolute atomic E-state index is 13.5. The fourth-order valence-electron chi connectivity index (χ4n) is 3.67. The van der Waals surface area contributed by atoms with Gasteiger partial charge in [-0.15, -0.1) is 0 Å². The van der Waals surface area contributed by atoms with Crippen LogP contribution < -0.4 is 21.3 Å². The second-order valence-electron chi connectivity index (χ2n) is 8.13. The van der Waals surface area contributed by atoms with Crippen LogP contribution in [-0.2, 0) is 16.0 Å². The highest BCUT2D eigenvalue weighted by Crippen LogP contribution is 2.25. The maximum Gasteiger partial charge on any atom is 0.255 e. The molecule has 0 spiro atoms. The number of anilines is 1. The van der Waals surface area contributed by atoms with Crippen molar-refractivity contribution in [2.24, 2.45) is 0 Å². The number of nitrogens with zero attached hydrogens (tertiary/aromatic N) is 2. The Morgan fingerprint density at radius 1 is 1.08 bits per heavy atom. The van der Waals surface area contributed by atoms with Crippen molar-refractivity contribution in [1.82, 2.24) is 20.9 Å². The molecule has 0 aliphatic carbocycles. The van der Waals surface area contributed by atoms with Gasteiger partial charge in [0.2, 0.25) is 11.8 Å². The van der Waals surface area contributed by atoms with Crippen molar-refractivity contribution in [2.45, 2.75) is 19.4 Å². The second-order valence-corrected chi connectivity index (χ2v) is 8.13. The molecule has 0 fully saturated rings. The van der Waals surface area contributed by atoms with Gasteiger partial charge >= 0.3 is 0 Å². The second kappa shape index (κ2) is 12.8. The quantitative estimate of drug-likeness (QED) is 0.336. The highest BCUT2D eigenvalue weighted by molar-refractivity contribution is 5.99. The summed E-state index contributed by atoms with van der Waals surface area (Å²) in [5.41, 5.74) is 2.50. The molecular formula is C27H27FN6O3. The lowest BCUT2D eigenvalue weighted by Crippen LogP contribution is -2.51. The summed E-state index contributed by atoms with van der Waals surface area (Å²) >= 11 is 0. The number of carbonyl (C=O) groups excluding carboxylic acids is 3. The molecule has 3 rings (SSSR count). The molecule has 0 unspecified atom stereocenters. The van der Waals surface area contributed by atoms with Crippen LogP contribution in [0.25, 0.3) is 11.3 Å². The number of nitriles is 1. The van der Waals surface area contributed by atoms with Gasteiger partial charge in [0.15, 0.2) is 0 Å². The van der Waals surface area contributed by atoms with Crippen molar-refractivity contribution < 1.29 is 18.8 Å². The zero-order chi connectivity index (χ0) is 26.8. The fourth-order valence-corrected chi connectivity index (χ4v) is 3.67. The minimum absolute atomic E-state index is 0.139. The third-order valence-corrected chi connectivity index (χ3v) is 5.47. The molecule has 37 heavy (non-hydrogen) atoms. The Labute approximate surface area is 214 Å². The first-order valence-corrected chi connectivity index (χ1v) is 11.6. The molecule has 0 aliphatic rings. The molecule has 3 aromatic rings. The van der Waals surface area contributed by atoms with E-state index in [9.17, 15) is 24.0 Å². The number of hydrogen-bond acceptors (Lipinski definition) is 6. The Hall–Kier alpha value is -4.78. The molecule has 10 heteroatoms. The first kappa shape index (κ1) is 26.8. The average molecular weight is 503 g/mol. The smallest absolute Gasteiger partial charge is 0.255 e. The van der Waals surface area contributed by atoms with Crippen molar-refractivity contribution >= 4 is 23.5 Å². The predicted molar refractivity (Wildman–Crippen MR) is 137 cm³/mol. The molecule has 9 nitrogen and oxygen atoms in total. The third-order valence-electron chi connectivity index (χ3n) is 5.47. The number of pyridine rings is 1. The van der Waals surface area contributed by atoms with Crippen molar-refractivity contribution in [2.75, 3.05) is 25.5 Å². The van der Waals surface area contributed by atoms with E-state index >= 15 is 0 Å². The first-order valence-electron chi connectivity index (χ1n) is 11.6. The van der Waals surface area contributed by atoms with E-state index in [1.165, 1.54) is 26.1 Å². The largest absolute Gasteiger partial charge is 0.369 e. The van der Waals surface area contributed by atoms with E-state index in [4.69, 9.17) is 0 Å². The number of carbonyl (C=O) groups is 3. The molecule has 4 N–H and O–H groups in total. The molecule has 3 amide bonds. The Kier molecular flexibility index (Phi) is 9.27. The van der Waals surface area contributed by atoms with Crippen molar-refractivity contribution in [1.29, 1.82) is 5.26 Å². The first-order chi connectivity index (χ1) is 17.8. The van der Waals surface area contributed by atoms with Crippen LogP contribution in [0.4, 0.5) is 10.2 Å². The van der Waals surface area contributed by atoms with Crippen molar-refractivity contribution in [3.63, 3.8) is 0 Å². The van der Waals surface area contributed by atoms with E-state index in [0.717, 1.165) is 5.56 Å².